The summed E-state index contributed by atoms with van der Waals surface area (Å²) in [7, 11) is 1.42. The summed E-state index contributed by atoms with van der Waals surface area (Å²) >= 11 is 6.97. The van der Waals surface area contributed by atoms with Gasteiger partial charge in [-0.2, -0.15) is 4.68 Å². The van der Waals surface area contributed by atoms with Crippen molar-refractivity contribution in [3.8, 4) is 17.2 Å². The Morgan fingerprint density at radius 3 is 3.08 bits per heavy atom. The molecule has 1 N–H and O–H groups in total. The second kappa shape index (κ2) is 8.70. The molecule has 0 bridgehead atoms. The van der Waals surface area contributed by atoms with Gasteiger partial charge in [-0.05, 0) is 31.3 Å². The Balaban J connectivity index is 1.77. The number of para-hydroxylation sites is 1. The molecule has 140 valence electrons. The zero-order valence-corrected chi connectivity index (χ0v) is 16.4. The lowest BCUT2D eigenvalue weighted by Crippen LogP contribution is -3.14. The molecule has 1 aliphatic heterocycles. The largest absolute Gasteiger partial charge is 0.493 e. The van der Waals surface area contributed by atoms with Crippen molar-refractivity contribution in [1.82, 2.24) is 9.78 Å². The molecule has 2 atom stereocenters. The van der Waals surface area contributed by atoms with Crippen molar-refractivity contribution in [1.29, 1.82) is 0 Å². The third-order valence-electron chi connectivity index (χ3n) is 4.11. The van der Waals surface area contributed by atoms with Gasteiger partial charge in [0.05, 0.1) is 25.8 Å². The highest BCUT2D eigenvalue weighted by Gasteiger charge is 2.30. The highest BCUT2D eigenvalue weighted by Crippen LogP contribution is 2.28. The highest BCUT2D eigenvalue weighted by atomic mass is 32.2. The zero-order valence-electron chi connectivity index (χ0n) is 14.8. The first-order valence-corrected chi connectivity index (χ1v) is 9.91. The standard InChI is InChI=1S/C17H21N3O4S2/c1-3-23-13-7-5-4-6-12(13)15-18-20(17(25)24-15)11-19-8-9-26-14(10-19)16(21)22-2/h4-7,14H,3,8-11H2,1-2H3/p+1/t14-/m1/s1. The SMILES string of the molecule is CCOc1ccccc1-c1nn(C[NH+]2CCS[C@@H](C(=O)OC)C2)c(=S)o1. The number of methoxy groups -OCH3 is 1. The molecule has 1 fully saturated rings. The normalized spacial score (nSPS) is 19.9. The number of benzene rings is 1. The van der Waals surface area contributed by atoms with Crippen LogP contribution in [0.2, 0.25) is 0 Å². The zero-order chi connectivity index (χ0) is 18.5. The number of rotatable bonds is 6. The minimum absolute atomic E-state index is 0.150. The number of thioether (sulfide) groups is 1. The van der Waals surface area contributed by atoms with Gasteiger partial charge >= 0.3 is 5.97 Å². The summed E-state index contributed by atoms with van der Waals surface area (Å²) in [5.74, 6) is 1.86. The van der Waals surface area contributed by atoms with Crippen LogP contribution < -0.4 is 9.64 Å². The molecule has 2 heterocycles. The summed E-state index contributed by atoms with van der Waals surface area (Å²) in [4.78, 5) is 13.3. The summed E-state index contributed by atoms with van der Waals surface area (Å²) in [6.45, 7) is 4.64. The number of hydrogen-bond acceptors (Lipinski definition) is 7. The number of nitrogens with zero attached hydrogens (tertiary/aromatic N) is 2. The Morgan fingerprint density at radius 2 is 2.31 bits per heavy atom. The molecular weight excluding hydrogens is 374 g/mol. The lowest BCUT2D eigenvalue weighted by atomic mass is 10.2. The van der Waals surface area contributed by atoms with E-state index in [2.05, 4.69) is 5.10 Å². The van der Waals surface area contributed by atoms with E-state index in [1.54, 1.807) is 16.4 Å². The first-order chi connectivity index (χ1) is 12.6. The number of carbonyl (C=O) groups is 1. The number of aromatic nitrogens is 2. The van der Waals surface area contributed by atoms with E-state index in [0.717, 1.165) is 17.9 Å². The van der Waals surface area contributed by atoms with Gasteiger partial charge in [0.25, 0.3) is 10.7 Å². The van der Waals surface area contributed by atoms with Crippen molar-refractivity contribution in [2.45, 2.75) is 18.8 Å². The van der Waals surface area contributed by atoms with Crippen LogP contribution in [0.5, 0.6) is 5.75 Å². The first-order valence-electron chi connectivity index (χ1n) is 8.45. The van der Waals surface area contributed by atoms with Crippen LogP contribution in [0.4, 0.5) is 0 Å². The Bertz CT molecular complexity index is 820. The molecule has 0 aliphatic carbocycles. The monoisotopic (exact) mass is 396 g/mol. The number of nitrogens with one attached hydrogen (secondary N) is 1. The molecule has 9 heteroatoms. The van der Waals surface area contributed by atoms with Gasteiger partial charge in [0.2, 0.25) is 0 Å². The molecule has 0 saturated carbocycles. The maximum absolute atomic E-state index is 11.8. The lowest BCUT2D eigenvalue weighted by molar-refractivity contribution is -0.921. The van der Waals surface area contributed by atoms with Crippen molar-refractivity contribution in [2.75, 3.05) is 32.6 Å². The topological polar surface area (TPSA) is 70.9 Å². The van der Waals surface area contributed by atoms with Crippen molar-refractivity contribution in [2.24, 2.45) is 0 Å². The van der Waals surface area contributed by atoms with Gasteiger partial charge in [-0.25, -0.2) is 0 Å². The van der Waals surface area contributed by atoms with Gasteiger partial charge in [0.15, 0.2) is 11.9 Å². The second-order valence-corrected chi connectivity index (χ2v) is 7.51. The van der Waals surface area contributed by atoms with Crippen LogP contribution in [0.1, 0.15) is 6.92 Å². The van der Waals surface area contributed by atoms with E-state index in [4.69, 9.17) is 26.1 Å². The van der Waals surface area contributed by atoms with Crippen molar-refractivity contribution >= 4 is 29.9 Å². The number of esters is 1. The Morgan fingerprint density at radius 1 is 1.50 bits per heavy atom. The van der Waals surface area contributed by atoms with E-state index in [0.29, 0.717) is 36.3 Å². The number of quaternary nitrogens is 1. The second-order valence-electron chi connectivity index (χ2n) is 5.85. The van der Waals surface area contributed by atoms with Crippen LogP contribution in [-0.4, -0.2) is 53.6 Å². The smallest absolute Gasteiger partial charge is 0.324 e. The lowest BCUT2D eigenvalue weighted by Gasteiger charge is -2.27. The van der Waals surface area contributed by atoms with Crippen LogP contribution in [0.25, 0.3) is 11.5 Å². The fraction of sp³-hybridized carbons (Fsp3) is 0.471. The van der Waals surface area contributed by atoms with Crippen LogP contribution in [-0.2, 0) is 16.2 Å². The van der Waals surface area contributed by atoms with Crippen LogP contribution >= 0.6 is 24.0 Å². The summed E-state index contributed by atoms with van der Waals surface area (Å²) in [5.41, 5.74) is 0.774. The Labute approximate surface area is 161 Å². The van der Waals surface area contributed by atoms with E-state index in [-0.39, 0.29) is 11.2 Å². The summed E-state index contributed by atoms with van der Waals surface area (Å²) in [6.07, 6.45) is 0. The number of ether oxygens (including phenoxy) is 2. The summed E-state index contributed by atoms with van der Waals surface area (Å²) in [5, 5.41) is 4.38. The fourth-order valence-electron chi connectivity index (χ4n) is 2.85. The predicted molar refractivity (Wildman–Crippen MR) is 101 cm³/mol. The van der Waals surface area contributed by atoms with Crippen molar-refractivity contribution in [3.05, 3.63) is 29.1 Å². The van der Waals surface area contributed by atoms with E-state index >= 15 is 0 Å². The minimum atomic E-state index is -0.178. The quantitative estimate of drug-likeness (QED) is 0.585. The molecule has 1 aromatic carbocycles. The van der Waals surface area contributed by atoms with Crippen molar-refractivity contribution in [3.63, 3.8) is 0 Å². The molecule has 1 unspecified atom stereocenters. The van der Waals surface area contributed by atoms with Gasteiger partial charge in [-0.3, -0.25) is 4.79 Å². The average molecular weight is 397 g/mol. The number of hydrogen-bond donors (Lipinski definition) is 1. The van der Waals surface area contributed by atoms with Gasteiger partial charge in [0, 0.05) is 5.75 Å². The highest BCUT2D eigenvalue weighted by molar-refractivity contribution is 8.00. The predicted octanol–water partition coefficient (Wildman–Crippen LogP) is 1.40. The molecule has 1 aromatic heterocycles. The van der Waals surface area contributed by atoms with E-state index in [1.807, 2.05) is 31.2 Å². The fourth-order valence-corrected chi connectivity index (χ4v) is 4.31. The molecule has 0 radical (unpaired) electrons. The Hall–Kier alpha value is -1.84. The molecule has 1 saturated heterocycles. The van der Waals surface area contributed by atoms with E-state index in [1.165, 1.54) is 12.0 Å². The maximum Gasteiger partial charge on any atom is 0.324 e. The van der Waals surface area contributed by atoms with E-state index < -0.39 is 0 Å². The summed E-state index contributed by atoms with van der Waals surface area (Å²) < 4.78 is 17.9. The molecule has 0 spiro atoms. The van der Waals surface area contributed by atoms with Crippen molar-refractivity contribution < 1.29 is 23.6 Å². The molecule has 3 rings (SSSR count). The van der Waals surface area contributed by atoms with Crippen LogP contribution in [0.3, 0.4) is 0 Å². The summed E-state index contributed by atoms with van der Waals surface area (Å²) in [6, 6.07) is 7.59. The van der Waals surface area contributed by atoms with Gasteiger partial charge in [-0.15, -0.1) is 16.9 Å². The van der Waals surface area contributed by atoms with Crippen LogP contribution in [0, 0.1) is 4.84 Å². The molecule has 7 nitrogen and oxygen atoms in total. The Kier molecular flexibility index (Phi) is 6.33. The molecule has 0 amide bonds. The van der Waals surface area contributed by atoms with Gasteiger partial charge in [-0.1, -0.05) is 12.1 Å². The third-order valence-corrected chi connectivity index (χ3v) is 5.61. The third kappa shape index (κ3) is 4.28. The van der Waals surface area contributed by atoms with Gasteiger partial charge in [0.1, 0.15) is 12.3 Å². The molecular formula is C17H22N3O4S2+. The van der Waals surface area contributed by atoms with E-state index in [9.17, 15) is 4.79 Å². The molecule has 26 heavy (non-hydrogen) atoms. The van der Waals surface area contributed by atoms with Crippen LogP contribution in [0.15, 0.2) is 28.7 Å². The first kappa shape index (κ1) is 18.9. The molecule has 2 aromatic rings. The van der Waals surface area contributed by atoms with Gasteiger partial charge < -0.3 is 18.8 Å². The maximum atomic E-state index is 11.8. The average Bonchev–Trinajstić information content (AvgIpc) is 3.02. The minimum Gasteiger partial charge on any atom is -0.493 e. The molecule has 1 aliphatic rings. The number of carbonyl (C=O) groups excluding carboxylic acids is 1.